The molecule has 156 valence electrons. The summed E-state index contributed by atoms with van der Waals surface area (Å²) in [6.45, 7) is 5.04. The van der Waals surface area contributed by atoms with Crippen LogP contribution in [0, 0.1) is 13.8 Å². The fraction of sp³-hybridized carbons (Fsp3) is 0.261. The second-order valence-corrected chi connectivity index (χ2v) is 6.83. The van der Waals surface area contributed by atoms with E-state index in [2.05, 4.69) is 5.32 Å². The first-order valence-corrected chi connectivity index (χ1v) is 9.67. The van der Waals surface area contributed by atoms with Crippen LogP contribution >= 0.6 is 0 Å². The van der Waals surface area contributed by atoms with Crippen molar-refractivity contribution in [1.29, 1.82) is 0 Å². The lowest BCUT2D eigenvalue weighted by Gasteiger charge is -2.11. The molecule has 0 atom stereocenters. The average Bonchev–Trinajstić information content (AvgIpc) is 3.01. The van der Waals surface area contributed by atoms with Gasteiger partial charge >= 0.3 is 11.9 Å². The third-order valence-corrected chi connectivity index (χ3v) is 4.78. The molecule has 0 unspecified atom stereocenters. The molecule has 0 bridgehead atoms. The summed E-state index contributed by atoms with van der Waals surface area (Å²) in [5, 5.41) is 4.69. The van der Waals surface area contributed by atoms with Crippen molar-refractivity contribution in [2.45, 2.75) is 27.3 Å². The smallest absolute Gasteiger partial charge is 0.339 e. The zero-order chi connectivity index (χ0) is 21.7. The lowest BCUT2D eigenvalue weighted by Crippen LogP contribution is -2.23. The molecular weight excluding hydrogens is 384 g/mol. The molecular formula is C23H24N2O5. The number of esters is 2. The van der Waals surface area contributed by atoms with Gasteiger partial charge in [-0.05, 0) is 38.3 Å². The van der Waals surface area contributed by atoms with Gasteiger partial charge in [-0.3, -0.25) is 9.59 Å². The van der Waals surface area contributed by atoms with Gasteiger partial charge in [0.1, 0.15) is 6.54 Å². The fourth-order valence-electron chi connectivity index (χ4n) is 3.30. The Morgan fingerprint density at radius 2 is 1.73 bits per heavy atom. The summed E-state index contributed by atoms with van der Waals surface area (Å²) in [5.74, 6) is -1.42. The van der Waals surface area contributed by atoms with E-state index in [9.17, 15) is 14.4 Å². The molecule has 30 heavy (non-hydrogen) atoms. The number of amides is 1. The number of benzene rings is 2. The Morgan fingerprint density at radius 1 is 1.00 bits per heavy atom. The lowest BCUT2D eigenvalue weighted by atomic mass is 10.1. The quantitative estimate of drug-likeness (QED) is 0.604. The van der Waals surface area contributed by atoms with E-state index >= 15 is 0 Å². The standard InChI is InChI=1S/C23H24N2O5/c1-4-29-23(28)19-12-15(2)25(16(19)3)13-22(27)30-14-21(26)24-20-11-7-9-17-8-5-6-10-18(17)20/h5-12H,4,13-14H2,1-3H3,(H,24,26). The minimum absolute atomic E-state index is 0.0986. The molecule has 1 aromatic heterocycles. The second-order valence-electron chi connectivity index (χ2n) is 6.83. The highest BCUT2D eigenvalue weighted by Crippen LogP contribution is 2.22. The fourth-order valence-corrected chi connectivity index (χ4v) is 3.30. The monoisotopic (exact) mass is 408 g/mol. The van der Waals surface area contributed by atoms with E-state index in [0.29, 0.717) is 16.9 Å². The molecule has 0 aliphatic rings. The van der Waals surface area contributed by atoms with Crippen molar-refractivity contribution in [3.8, 4) is 0 Å². The average molecular weight is 408 g/mol. The topological polar surface area (TPSA) is 86.6 Å². The maximum absolute atomic E-state index is 12.3. The molecule has 3 aromatic rings. The molecule has 0 fully saturated rings. The maximum Gasteiger partial charge on any atom is 0.339 e. The number of aromatic nitrogens is 1. The van der Waals surface area contributed by atoms with Gasteiger partial charge in [0, 0.05) is 22.5 Å². The molecule has 1 heterocycles. The van der Waals surface area contributed by atoms with Crippen molar-refractivity contribution in [1.82, 2.24) is 4.57 Å². The van der Waals surface area contributed by atoms with Gasteiger partial charge in [-0.25, -0.2) is 4.79 Å². The summed E-state index contributed by atoms with van der Waals surface area (Å²) in [6, 6.07) is 15.0. The zero-order valence-corrected chi connectivity index (χ0v) is 17.2. The number of carbonyl (C=O) groups excluding carboxylic acids is 3. The highest BCUT2D eigenvalue weighted by atomic mass is 16.5. The molecule has 7 nitrogen and oxygen atoms in total. The Hall–Kier alpha value is -3.61. The van der Waals surface area contributed by atoms with Gasteiger partial charge in [-0.1, -0.05) is 36.4 Å². The largest absolute Gasteiger partial charge is 0.462 e. The van der Waals surface area contributed by atoms with E-state index in [-0.39, 0.29) is 13.2 Å². The third-order valence-electron chi connectivity index (χ3n) is 4.78. The molecule has 7 heteroatoms. The van der Waals surface area contributed by atoms with Crippen LogP contribution in [0.1, 0.15) is 28.7 Å². The van der Waals surface area contributed by atoms with Crippen LogP contribution in [0.5, 0.6) is 0 Å². The first kappa shape index (κ1) is 21.1. The number of rotatable bonds is 7. The summed E-state index contributed by atoms with van der Waals surface area (Å²) < 4.78 is 11.8. The van der Waals surface area contributed by atoms with Gasteiger partial charge in [0.15, 0.2) is 6.61 Å². The lowest BCUT2D eigenvalue weighted by molar-refractivity contribution is -0.147. The number of hydrogen-bond acceptors (Lipinski definition) is 5. The number of aryl methyl sites for hydroxylation is 1. The van der Waals surface area contributed by atoms with Crippen molar-refractivity contribution >= 4 is 34.3 Å². The van der Waals surface area contributed by atoms with E-state index in [1.807, 2.05) is 36.4 Å². The van der Waals surface area contributed by atoms with Crippen LogP contribution in [0.15, 0.2) is 48.5 Å². The van der Waals surface area contributed by atoms with Crippen LogP contribution in [0.2, 0.25) is 0 Å². The molecule has 0 spiro atoms. The SMILES string of the molecule is CCOC(=O)c1cc(C)n(CC(=O)OCC(=O)Nc2cccc3ccccc23)c1C. The Morgan fingerprint density at radius 3 is 2.50 bits per heavy atom. The Kier molecular flexibility index (Phi) is 6.51. The van der Waals surface area contributed by atoms with E-state index in [1.54, 1.807) is 37.5 Å². The van der Waals surface area contributed by atoms with Gasteiger partial charge < -0.3 is 19.4 Å². The van der Waals surface area contributed by atoms with Crippen molar-refractivity contribution in [2.24, 2.45) is 0 Å². The number of anilines is 1. The minimum Gasteiger partial charge on any atom is -0.462 e. The van der Waals surface area contributed by atoms with Crippen LogP contribution < -0.4 is 5.32 Å². The van der Waals surface area contributed by atoms with Crippen molar-refractivity contribution in [3.63, 3.8) is 0 Å². The highest BCUT2D eigenvalue weighted by Gasteiger charge is 2.19. The number of nitrogens with one attached hydrogen (secondary N) is 1. The molecule has 3 rings (SSSR count). The van der Waals surface area contributed by atoms with Crippen molar-refractivity contribution < 1.29 is 23.9 Å². The molecule has 0 radical (unpaired) electrons. The Bertz CT molecular complexity index is 1090. The molecule has 0 saturated heterocycles. The van der Waals surface area contributed by atoms with E-state index in [1.165, 1.54) is 0 Å². The molecule has 0 aliphatic carbocycles. The minimum atomic E-state index is -0.569. The Labute approximate surface area is 174 Å². The molecule has 1 N–H and O–H groups in total. The number of carbonyl (C=O) groups is 3. The number of ether oxygens (including phenoxy) is 2. The number of hydrogen-bond donors (Lipinski definition) is 1. The predicted octanol–water partition coefficient (Wildman–Crippen LogP) is 3.62. The number of fused-ring (bicyclic) bond motifs is 1. The zero-order valence-electron chi connectivity index (χ0n) is 17.2. The normalized spacial score (nSPS) is 10.6. The van der Waals surface area contributed by atoms with Gasteiger partial charge in [-0.2, -0.15) is 0 Å². The summed E-state index contributed by atoms with van der Waals surface area (Å²) in [4.78, 5) is 36.5. The molecule has 1 amide bonds. The summed E-state index contributed by atoms with van der Waals surface area (Å²) in [6.07, 6.45) is 0. The van der Waals surface area contributed by atoms with E-state index in [4.69, 9.17) is 9.47 Å². The van der Waals surface area contributed by atoms with E-state index < -0.39 is 24.5 Å². The van der Waals surface area contributed by atoms with Gasteiger partial charge in [0.25, 0.3) is 5.91 Å². The van der Waals surface area contributed by atoms with Gasteiger partial charge in [0.2, 0.25) is 0 Å². The van der Waals surface area contributed by atoms with Gasteiger partial charge in [0.05, 0.1) is 12.2 Å². The van der Waals surface area contributed by atoms with Gasteiger partial charge in [-0.15, -0.1) is 0 Å². The highest BCUT2D eigenvalue weighted by molar-refractivity contribution is 6.02. The number of nitrogens with zero attached hydrogens (tertiary/aromatic N) is 1. The summed E-state index contributed by atoms with van der Waals surface area (Å²) in [7, 11) is 0. The molecule has 0 saturated carbocycles. The van der Waals surface area contributed by atoms with Crippen LogP contribution in [-0.4, -0.2) is 35.6 Å². The molecule has 2 aromatic carbocycles. The maximum atomic E-state index is 12.3. The summed E-state index contributed by atoms with van der Waals surface area (Å²) >= 11 is 0. The first-order chi connectivity index (χ1) is 14.4. The third kappa shape index (κ3) is 4.68. The van der Waals surface area contributed by atoms with Crippen LogP contribution in [0.25, 0.3) is 10.8 Å². The van der Waals surface area contributed by atoms with Crippen LogP contribution in [-0.2, 0) is 25.6 Å². The van der Waals surface area contributed by atoms with Crippen molar-refractivity contribution in [3.05, 3.63) is 65.5 Å². The van der Waals surface area contributed by atoms with Crippen LogP contribution in [0.3, 0.4) is 0 Å². The van der Waals surface area contributed by atoms with Crippen molar-refractivity contribution in [2.75, 3.05) is 18.5 Å². The van der Waals surface area contributed by atoms with E-state index in [0.717, 1.165) is 16.5 Å². The van der Waals surface area contributed by atoms with Crippen LogP contribution in [0.4, 0.5) is 5.69 Å². The predicted molar refractivity (Wildman–Crippen MR) is 113 cm³/mol. The second kappa shape index (κ2) is 9.26. The summed E-state index contributed by atoms with van der Waals surface area (Å²) in [5.41, 5.74) is 2.41. The first-order valence-electron chi connectivity index (χ1n) is 9.67. The molecule has 0 aliphatic heterocycles. The Balaban J connectivity index is 1.59.